The highest BCUT2D eigenvalue weighted by Gasteiger charge is 2.37. The molecule has 0 aliphatic carbocycles. The number of esters is 1. The van der Waals surface area contributed by atoms with E-state index in [-0.39, 0.29) is 24.5 Å². The number of ether oxygens (including phenoxy) is 3. The van der Waals surface area contributed by atoms with Crippen molar-refractivity contribution in [3.63, 3.8) is 0 Å². The van der Waals surface area contributed by atoms with E-state index in [9.17, 15) is 19.7 Å². The Hall–Kier alpha value is -4.08. The van der Waals surface area contributed by atoms with Gasteiger partial charge in [-0.25, -0.2) is 9.59 Å². The van der Waals surface area contributed by atoms with Crippen molar-refractivity contribution in [1.82, 2.24) is 10.2 Å². The highest BCUT2D eigenvalue weighted by atomic mass is 16.6. The van der Waals surface area contributed by atoms with Gasteiger partial charge in [0.2, 0.25) is 0 Å². The average Bonchev–Trinajstić information content (AvgIpc) is 2.80. The normalized spacial score (nSPS) is 15.8. The zero-order valence-corrected chi connectivity index (χ0v) is 17.9. The van der Waals surface area contributed by atoms with Crippen LogP contribution in [0.5, 0.6) is 11.5 Å². The molecule has 0 radical (unpaired) electrons. The second kappa shape index (κ2) is 9.82. The Morgan fingerprint density at radius 2 is 1.88 bits per heavy atom. The van der Waals surface area contributed by atoms with Crippen LogP contribution in [0, 0.1) is 10.1 Å². The third-order valence-electron chi connectivity index (χ3n) is 4.92. The largest absolute Gasteiger partial charge is 0.497 e. The van der Waals surface area contributed by atoms with E-state index in [2.05, 4.69) is 5.32 Å². The Bertz CT molecular complexity index is 1050. The van der Waals surface area contributed by atoms with Gasteiger partial charge in [-0.15, -0.1) is 0 Å². The van der Waals surface area contributed by atoms with Crippen molar-refractivity contribution in [2.24, 2.45) is 0 Å². The minimum atomic E-state index is -0.938. The molecule has 0 aromatic heterocycles. The lowest BCUT2D eigenvalue weighted by molar-refractivity contribution is -0.384. The summed E-state index contributed by atoms with van der Waals surface area (Å²) < 4.78 is 16.2. The zero-order valence-electron chi connectivity index (χ0n) is 17.9. The summed E-state index contributed by atoms with van der Waals surface area (Å²) in [5.74, 6) is 0.514. The average molecular weight is 441 g/mol. The van der Waals surface area contributed by atoms with E-state index in [0.717, 1.165) is 0 Å². The van der Waals surface area contributed by atoms with Crippen LogP contribution in [0.25, 0.3) is 0 Å². The molecule has 2 aromatic carbocycles. The number of carbonyl (C=O) groups is 2. The van der Waals surface area contributed by atoms with Gasteiger partial charge in [-0.05, 0) is 36.8 Å². The number of non-ortho nitro benzene ring substituents is 1. The van der Waals surface area contributed by atoms with Crippen molar-refractivity contribution < 1.29 is 28.7 Å². The first kappa shape index (κ1) is 22.6. The highest BCUT2D eigenvalue weighted by Crippen LogP contribution is 2.33. The SMILES string of the molecule is CCOC(=O)C1=C(COc2ccc(OC)cc2)N(C)C(=O)N[C@@H]1c1cccc([N+](=O)[O-])c1. The first-order valence-electron chi connectivity index (χ1n) is 9.81. The van der Waals surface area contributed by atoms with Crippen LogP contribution in [0.2, 0.25) is 0 Å². The number of nitrogens with zero attached hydrogens (tertiary/aromatic N) is 2. The summed E-state index contributed by atoms with van der Waals surface area (Å²) in [4.78, 5) is 37.5. The van der Waals surface area contributed by atoms with Gasteiger partial charge in [-0.3, -0.25) is 15.0 Å². The van der Waals surface area contributed by atoms with Crippen LogP contribution in [-0.4, -0.2) is 49.2 Å². The van der Waals surface area contributed by atoms with Gasteiger partial charge in [-0.1, -0.05) is 12.1 Å². The number of rotatable bonds is 8. The van der Waals surface area contributed by atoms with E-state index in [0.29, 0.717) is 22.8 Å². The molecule has 32 heavy (non-hydrogen) atoms. The van der Waals surface area contributed by atoms with Crippen molar-refractivity contribution in [2.45, 2.75) is 13.0 Å². The lowest BCUT2D eigenvalue weighted by atomic mass is 9.94. The molecule has 2 amide bonds. The third-order valence-corrected chi connectivity index (χ3v) is 4.92. The van der Waals surface area contributed by atoms with E-state index in [4.69, 9.17) is 14.2 Å². The molecule has 2 aromatic rings. The van der Waals surface area contributed by atoms with Gasteiger partial charge in [0.25, 0.3) is 5.69 Å². The van der Waals surface area contributed by atoms with E-state index >= 15 is 0 Å². The van der Waals surface area contributed by atoms with Crippen LogP contribution in [0.1, 0.15) is 18.5 Å². The fourth-order valence-electron chi connectivity index (χ4n) is 3.27. The van der Waals surface area contributed by atoms with E-state index < -0.39 is 23.0 Å². The molecule has 0 bridgehead atoms. The van der Waals surface area contributed by atoms with Crippen LogP contribution < -0.4 is 14.8 Å². The summed E-state index contributed by atoms with van der Waals surface area (Å²) in [6.45, 7) is 1.68. The van der Waals surface area contributed by atoms with Crippen LogP contribution in [-0.2, 0) is 9.53 Å². The molecule has 10 heteroatoms. The molecule has 0 fully saturated rings. The number of nitro benzene ring substituents is 1. The van der Waals surface area contributed by atoms with Crippen LogP contribution in [0.4, 0.5) is 10.5 Å². The molecular weight excluding hydrogens is 418 g/mol. The fourth-order valence-corrected chi connectivity index (χ4v) is 3.27. The molecule has 0 saturated carbocycles. The van der Waals surface area contributed by atoms with Gasteiger partial charge < -0.3 is 19.5 Å². The smallest absolute Gasteiger partial charge is 0.338 e. The number of hydrogen-bond donors (Lipinski definition) is 1. The number of hydrogen-bond acceptors (Lipinski definition) is 7. The maximum absolute atomic E-state index is 12.9. The second-order valence-electron chi connectivity index (χ2n) is 6.84. The molecule has 1 N–H and O–H groups in total. The number of carbonyl (C=O) groups excluding carboxylic acids is 2. The summed E-state index contributed by atoms with van der Waals surface area (Å²) in [6.07, 6.45) is 0. The summed E-state index contributed by atoms with van der Waals surface area (Å²) in [7, 11) is 3.06. The maximum Gasteiger partial charge on any atom is 0.338 e. The van der Waals surface area contributed by atoms with E-state index in [1.165, 1.54) is 30.1 Å². The Kier molecular flexibility index (Phi) is 6.93. The van der Waals surface area contributed by atoms with E-state index in [1.54, 1.807) is 44.4 Å². The fraction of sp³-hybridized carbons (Fsp3) is 0.273. The number of methoxy groups -OCH3 is 1. The lowest BCUT2D eigenvalue weighted by Gasteiger charge is -2.34. The number of nitrogens with one attached hydrogen (secondary N) is 1. The summed E-state index contributed by atoms with van der Waals surface area (Å²) in [6, 6.07) is 11.2. The Labute approximate surface area is 184 Å². The molecule has 0 saturated heterocycles. The monoisotopic (exact) mass is 441 g/mol. The summed E-state index contributed by atoms with van der Waals surface area (Å²) >= 11 is 0. The predicted molar refractivity (Wildman–Crippen MR) is 114 cm³/mol. The number of likely N-dealkylation sites (N-methyl/N-ethyl adjacent to an activating group) is 1. The van der Waals surface area contributed by atoms with Gasteiger partial charge in [0, 0.05) is 19.2 Å². The second-order valence-corrected chi connectivity index (χ2v) is 6.84. The van der Waals surface area contributed by atoms with Crippen LogP contribution in [0.15, 0.2) is 59.8 Å². The van der Waals surface area contributed by atoms with Crippen molar-refractivity contribution in [3.05, 3.63) is 75.5 Å². The first-order chi connectivity index (χ1) is 15.3. The Balaban J connectivity index is 2.02. The summed E-state index contributed by atoms with van der Waals surface area (Å²) in [5.41, 5.74) is 0.656. The van der Waals surface area contributed by atoms with E-state index in [1.807, 2.05) is 0 Å². The zero-order chi connectivity index (χ0) is 23.3. The molecule has 3 rings (SSSR count). The van der Waals surface area contributed by atoms with Gasteiger partial charge in [-0.2, -0.15) is 0 Å². The van der Waals surface area contributed by atoms with Gasteiger partial charge in [0.05, 0.1) is 36.0 Å². The van der Waals surface area contributed by atoms with Gasteiger partial charge >= 0.3 is 12.0 Å². The molecule has 1 atom stereocenters. The van der Waals surface area contributed by atoms with Gasteiger partial charge in [0.15, 0.2) is 0 Å². The molecule has 10 nitrogen and oxygen atoms in total. The van der Waals surface area contributed by atoms with Crippen molar-refractivity contribution >= 4 is 17.7 Å². The number of urea groups is 1. The molecule has 168 valence electrons. The molecule has 1 aliphatic heterocycles. The minimum absolute atomic E-state index is 0.101. The Morgan fingerprint density at radius 1 is 1.19 bits per heavy atom. The van der Waals surface area contributed by atoms with Crippen LogP contribution in [0.3, 0.4) is 0 Å². The number of amides is 2. The molecule has 1 heterocycles. The molecule has 1 aliphatic rings. The van der Waals surface area contributed by atoms with Crippen molar-refractivity contribution in [2.75, 3.05) is 27.4 Å². The number of benzene rings is 2. The first-order valence-corrected chi connectivity index (χ1v) is 9.81. The van der Waals surface area contributed by atoms with Crippen LogP contribution >= 0.6 is 0 Å². The quantitative estimate of drug-likeness (QED) is 0.379. The third kappa shape index (κ3) is 4.80. The van der Waals surface area contributed by atoms with Crippen molar-refractivity contribution in [3.8, 4) is 11.5 Å². The minimum Gasteiger partial charge on any atom is -0.497 e. The topological polar surface area (TPSA) is 120 Å². The summed E-state index contributed by atoms with van der Waals surface area (Å²) in [5, 5.41) is 13.9. The standard InChI is InChI=1S/C22H23N3O7/c1-4-31-21(26)19-18(13-32-17-10-8-16(30-3)9-11-17)24(2)22(27)23-20(19)14-6-5-7-15(12-14)25(28)29/h5-12,20H,4,13H2,1-3H3,(H,23,27)/t20-/m1/s1. The van der Waals surface area contributed by atoms with Gasteiger partial charge in [0.1, 0.15) is 18.1 Å². The highest BCUT2D eigenvalue weighted by molar-refractivity contribution is 5.95. The number of nitro groups is 1. The maximum atomic E-state index is 12.9. The van der Waals surface area contributed by atoms with Crippen molar-refractivity contribution in [1.29, 1.82) is 0 Å². The molecule has 0 spiro atoms. The molecule has 0 unspecified atom stereocenters. The Morgan fingerprint density at radius 3 is 2.50 bits per heavy atom. The predicted octanol–water partition coefficient (Wildman–Crippen LogP) is 3.20. The lowest BCUT2D eigenvalue weighted by Crippen LogP contribution is -2.48. The molecular formula is C22H23N3O7.